The van der Waals surface area contributed by atoms with Gasteiger partial charge in [-0.25, -0.2) is 14.0 Å². The zero-order valence-corrected chi connectivity index (χ0v) is 10.8. The fraction of sp³-hybridized carbons (Fsp3) is 0.308. The van der Waals surface area contributed by atoms with Gasteiger partial charge in [0.1, 0.15) is 11.9 Å². The summed E-state index contributed by atoms with van der Waals surface area (Å²) in [5, 5.41) is 21.9. The number of benzene rings is 1. The minimum atomic E-state index is -1.15. The smallest absolute Gasteiger partial charge is 0.326 e. The lowest BCUT2D eigenvalue weighted by Crippen LogP contribution is -2.43. The highest BCUT2D eigenvalue weighted by molar-refractivity contribution is 5.92. The monoisotopic (exact) mass is 279 g/mol. The Labute approximate surface area is 115 Å². The Balaban J connectivity index is 2.71. The second-order valence-corrected chi connectivity index (χ2v) is 4.08. The molecule has 0 aromatic heterocycles. The SMILES string of the molecule is CCCC(NC(=O)Nc1ccc(C#N)cc1F)C(=O)O. The molecule has 0 aliphatic carbocycles. The van der Waals surface area contributed by atoms with Gasteiger partial charge in [0, 0.05) is 0 Å². The average Bonchev–Trinajstić information content (AvgIpc) is 2.40. The van der Waals surface area contributed by atoms with Gasteiger partial charge in [0.05, 0.1) is 17.3 Å². The van der Waals surface area contributed by atoms with Crippen molar-refractivity contribution >= 4 is 17.7 Å². The van der Waals surface area contributed by atoms with Crippen LogP contribution in [0, 0.1) is 17.1 Å². The molecule has 2 amide bonds. The van der Waals surface area contributed by atoms with E-state index < -0.39 is 23.9 Å². The van der Waals surface area contributed by atoms with Crippen molar-refractivity contribution < 1.29 is 19.1 Å². The number of carboxylic acids is 1. The number of anilines is 1. The number of carbonyl (C=O) groups excluding carboxylic acids is 1. The van der Waals surface area contributed by atoms with Gasteiger partial charge in [0.15, 0.2) is 0 Å². The first-order valence-corrected chi connectivity index (χ1v) is 5.98. The maximum atomic E-state index is 13.5. The molecule has 1 rings (SSSR count). The molecule has 0 fully saturated rings. The third-order valence-electron chi connectivity index (χ3n) is 2.53. The van der Waals surface area contributed by atoms with Crippen LogP contribution in [0.25, 0.3) is 0 Å². The summed E-state index contributed by atoms with van der Waals surface area (Å²) in [5.41, 5.74) is 0.00462. The van der Waals surface area contributed by atoms with Crippen LogP contribution in [0.5, 0.6) is 0 Å². The fourth-order valence-electron chi connectivity index (χ4n) is 1.55. The number of aliphatic carboxylic acids is 1. The van der Waals surface area contributed by atoms with E-state index in [2.05, 4.69) is 10.6 Å². The van der Waals surface area contributed by atoms with Crippen molar-refractivity contribution in [3.8, 4) is 6.07 Å². The van der Waals surface area contributed by atoms with Crippen LogP contribution in [0.3, 0.4) is 0 Å². The van der Waals surface area contributed by atoms with Crippen LogP contribution in [0.15, 0.2) is 18.2 Å². The van der Waals surface area contributed by atoms with Gasteiger partial charge in [-0.1, -0.05) is 13.3 Å². The molecule has 1 aromatic carbocycles. The highest BCUT2D eigenvalue weighted by atomic mass is 19.1. The van der Waals surface area contributed by atoms with Crippen LogP contribution >= 0.6 is 0 Å². The minimum absolute atomic E-state index is 0.123. The number of nitrogens with one attached hydrogen (secondary N) is 2. The Kier molecular flexibility index (Phi) is 5.47. The van der Waals surface area contributed by atoms with E-state index in [4.69, 9.17) is 10.4 Å². The molecule has 106 valence electrons. The standard InChI is InChI=1S/C13H14FN3O3/c1-2-3-11(12(18)19)17-13(20)16-10-5-4-8(7-15)6-9(10)14/h4-6,11H,2-3H2,1H3,(H,18,19)(H2,16,17,20). The summed E-state index contributed by atoms with van der Waals surface area (Å²) in [4.78, 5) is 22.5. The van der Waals surface area contributed by atoms with Gasteiger partial charge in [-0.2, -0.15) is 5.26 Å². The molecule has 0 saturated heterocycles. The Morgan fingerprint density at radius 3 is 2.70 bits per heavy atom. The van der Waals surface area contributed by atoms with Crippen molar-refractivity contribution in [3.05, 3.63) is 29.6 Å². The lowest BCUT2D eigenvalue weighted by molar-refractivity contribution is -0.139. The maximum absolute atomic E-state index is 13.5. The predicted octanol–water partition coefficient (Wildman–Crippen LogP) is 2.07. The number of rotatable bonds is 5. The zero-order valence-electron chi connectivity index (χ0n) is 10.8. The molecule has 1 unspecified atom stereocenters. The van der Waals surface area contributed by atoms with Crippen molar-refractivity contribution in [3.63, 3.8) is 0 Å². The van der Waals surface area contributed by atoms with Crippen LogP contribution in [0.4, 0.5) is 14.9 Å². The number of hydrogen-bond acceptors (Lipinski definition) is 3. The number of nitriles is 1. The van der Waals surface area contributed by atoms with E-state index in [1.807, 2.05) is 0 Å². The minimum Gasteiger partial charge on any atom is -0.480 e. The van der Waals surface area contributed by atoms with Gasteiger partial charge < -0.3 is 15.7 Å². The predicted molar refractivity (Wildman–Crippen MR) is 69.6 cm³/mol. The lowest BCUT2D eigenvalue weighted by atomic mass is 10.2. The average molecular weight is 279 g/mol. The summed E-state index contributed by atoms with van der Waals surface area (Å²) < 4.78 is 13.5. The van der Waals surface area contributed by atoms with E-state index >= 15 is 0 Å². The molecule has 0 bridgehead atoms. The van der Waals surface area contributed by atoms with Crippen molar-refractivity contribution in [1.82, 2.24) is 5.32 Å². The van der Waals surface area contributed by atoms with Gasteiger partial charge in [-0.3, -0.25) is 0 Å². The molecule has 3 N–H and O–H groups in total. The zero-order chi connectivity index (χ0) is 15.1. The number of carboxylic acid groups (broad SMARTS) is 1. The summed E-state index contributed by atoms with van der Waals surface area (Å²) in [6.07, 6.45) is 0.862. The Morgan fingerprint density at radius 2 is 2.20 bits per heavy atom. The molecule has 0 aliphatic heterocycles. The molecule has 7 heteroatoms. The fourth-order valence-corrected chi connectivity index (χ4v) is 1.55. The van der Waals surface area contributed by atoms with Crippen molar-refractivity contribution in [2.24, 2.45) is 0 Å². The summed E-state index contributed by atoms with van der Waals surface area (Å²) in [6, 6.07) is 3.50. The Hall–Kier alpha value is -2.62. The molecule has 0 saturated carbocycles. The van der Waals surface area contributed by atoms with Crippen LogP contribution in [0.1, 0.15) is 25.3 Å². The molecule has 1 atom stereocenters. The second-order valence-electron chi connectivity index (χ2n) is 4.08. The van der Waals surface area contributed by atoms with Gasteiger partial charge >= 0.3 is 12.0 Å². The quantitative estimate of drug-likeness (QED) is 0.767. The topological polar surface area (TPSA) is 102 Å². The normalized spacial score (nSPS) is 11.2. The van der Waals surface area contributed by atoms with Gasteiger partial charge in [0.2, 0.25) is 0 Å². The van der Waals surface area contributed by atoms with Crippen LogP contribution in [0.2, 0.25) is 0 Å². The molecule has 0 aliphatic rings. The van der Waals surface area contributed by atoms with E-state index in [0.717, 1.165) is 6.07 Å². The Bertz CT molecular complexity index is 554. The van der Waals surface area contributed by atoms with E-state index in [1.165, 1.54) is 12.1 Å². The van der Waals surface area contributed by atoms with E-state index in [-0.39, 0.29) is 17.7 Å². The molecule has 0 heterocycles. The van der Waals surface area contributed by atoms with Gasteiger partial charge in [-0.05, 0) is 24.6 Å². The number of nitrogens with zero attached hydrogens (tertiary/aromatic N) is 1. The lowest BCUT2D eigenvalue weighted by Gasteiger charge is -2.14. The third kappa shape index (κ3) is 4.24. The maximum Gasteiger partial charge on any atom is 0.326 e. The molecule has 1 aromatic rings. The largest absolute Gasteiger partial charge is 0.480 e. The highest BCUT2D eigenvalue weighted by Gasteiger charge is 2.19. The van der Waals surface area contributed by atoms with Crippen molar-refractivity contribution in [2.45, 2.75) is 25.8 Å². The van der Waals surface area contributed by atoms with Crippen LogP contribution in [-0.2, 0) is 4.79 Å². The number of amides is 2. The van der Waals surface area contributed by atoms with E-state index in [0.29, 0.717) is 6.42 Å². The third-order valence-corrected chi connectivity index (χ3v) is 2.53. The summed E-state index contributed by atoms with van der Waals surface area (Å²) >= 11 is 0. The highest BCUT2D eigenvalue weighted by Crippen LogP contribution is 2.15. The molecule has 0 radical (unpaired) electrons. The summed E-state index contributed by atoms with van der Waals surface area (Å²) in [5.74, 6) is -1.91. The summed E-state index contributed by atoms with van der Waals surface area (Å²) in [6.45, 7) is 1.79. The first-order chi connectivity index (χ1) is 9.47. The van der Waals surface area contributed by atoms with Crippen molar-refractivity contribution in [1.29, 1.82) is 5.26 Å². The first-order valence-electron chi connectivity index (χ1n) is 5.98. The summed E-state index contributed by atoms with van der Waals surface area (Å²) in [7, 11) is 0. The number of carbonyl (C=O) groups is 2. The molecule has 20 heavy (non-hydrogen) atoms. The molecular formula is C13H14FN3O3. The van der Waals surface area contributed by atoms with Gasteiger partial charge in [-0.15, -0.1) is 0 Å². The van der Waals surface area contributed by atoms with Crippen LogP contribution < -0.4 is 10.6 Å². The molecule has 0 spiro atoms. The number of hydrogen-bond donors (Lipinski definition) is 3. The first kappa shape index (κ1) is 15.4. The number of urea groups is 1. The molecule has 6 nitrogen and oxygen atoms in total. The van der Waals surface area contributed by atoms with Crippen molar-refractivity contribution in [2.75, 3.05) is 5.32 Å². The Morgan fingerprint density at radius 1 is 1.50 bits per heavy atom. The molecular weight excluding hydrogens is 265 g/mol. The van der Waals surface area contributed by atoms with E-state index in [9.17, 15) is 14.0 Å². The number of halogens is 1. The van der Waals surface area contributed by atoms with Crippen LogP contribution in [-0.4, -0.2) is 23.1 Å². The second kappa shape index (κ2) is 7.09. The van der Waals surface area contributed by atoms with E-state index in [1.54, 1.807) is 13.0 Å². The van der Waals surface area contributed by atoms with Gasteiger partial charge in [0.25, 0.3) is 0 Å².